The minimum atomic E-state index is -3.46. The Kier molecular flexibility index (Phi) is 6.88. The maximum atomic E-state index is 12.0. The van der Waals surface area contributed by atoms with Gasteiger partial charge in [-0.05, 0) is 29.8 Å². The zero-order chi connectivity index (χ0) is 19.0. The number of hydrogen-bond donors (Lipinski definition) is 3. The van der Waals surface area contributed by atoms with Crippen LogP contribution in [-0.4, -0.2) is 33.3 Å². The molecule has 0 atom stereocenters. The van der Waals surface area contributed by atoms with Crippen molar-refractivity contribution in [3.8, 4) is 0 Å². The van der Waals surface area contributed by atoms with Crippen molar-refractivity contribution in [2.24, 2.45) is 0 Å². The topological polar surface area (TPSA) is 104 Å². The van der Waals surface area contributed by atoms with Gasteiger partial charge in [0.15, 0.2) is 0 Å². The van der Waals surface area contributed by atoms with Crippen molar-refractivity contribution in [1.82, 2.24) is 10.0 Å². The van der Waals surface area contributed by atoms with Crippen LogP contribution in [0.4, 0.5) is 5.69 Å². The molecule has 0 bridgehead atoms. The molecule has 0 aliphatic carbocycles. The molecule has 0 unspecified atom stereocenters. The van der Waals surface area contributed by atoms with E-state index in [-0.39, 0.29) is 30.7 Å². The zero-order valence-corrected chi connectivity index (χ0v) is 15.2. The lowest BCUT2D eigenvalue weighted by Gasteiger charge is -2.09. The van der Waals surface area contributed by atoms with E-state index in [9.17, 15) is 18.0 Å². The number of rotatable bonds is 8. The van der Waals surface area contributed by atoms with Crippen LogP contribution in [0.3, 0.4) is 0 Å². The molecule has 0 radical (unpaired) electrons. The zero-order valence-electron chi connectivity index (χ0n) is 14.4. The summed E-state index contributed by atoms with van der Waals surface area (Å²) < 4.78 is 26.4. The fourth-order valence-corrected chi connectivity index (χ4v) is 3.38. The van der Waals surface area contributed by atoms with Crippen LogP contribution in [0, 0.1) is 0 Å². The summed E-state index contributed by atoms with van der Waals surface area (Å²) in [6, 6.07) is 15.3. The summed E-state index contributed by atoms with van der Waals surface area (Å²) >= 11 is 0. The molecule has 0 aliphatic rings. The standard InChI is InChI=1S/C18H21N3O4S/c1-14(22)21-17-9-7-16(8-10-17)18(23)19-11-12-20-26(24,25)13-15-5-3-2-4-6-15/h2-10,20H,11-13H2,1H3,(H,19,23)(H,21,22). The predicted octanol–water partition coefficient (Wildman–Crippen LogP) is 1.49. The van der Waals surface area contributed by atoms with E-state index in [4.69, 9.17) is 0 Å². The van der Waals surface area contributed by atoms with Gasteiger partial charge < -0.3 is 10.6 Å². The van der Waals surface area contributed by atoms with E-state index >= 15 is 0 Å². The van der Waals surface area contributed by atoms with E-state index < -0.39 is 10.0 Å². The van der Waals surface area contributed by atoms with E-state index in [0.29, 0.717) is 16.8 Å². The van der Waals surface area contributed by atoms with Gasteiger partial charge in [0.1, 0.15) is 0 Å². The maximum Gasteiger partial charge on any atom is 0.251 e. The molecule has 0 aliphatic heterocycles. The van der Waals surface area contributed by atoms with Gasteiger partial charge in [-0.25, -0.2) is 13.1 Å². The molecular weight excluding hydrogens is 354 g/mol. The first kappa shape index (κ1) is 19.6. The van der Waals surface area contributed by atoms with Crippen molar-refractivity contribution < 1.29 is 18.0 Å². The highest BCUT2D eigenvalue weighted by Gasteiger charge is 2.11. The van der Waals surface area contributed by atoms with E-state index in [1.165, 1.54) is 6.92 Å². The Balaban J connectivity index is 1.76. The Morgan fingerprint density at radius 3 is 2.19 bits per heavy atom. The summed E-state index contributed by atoms with van der Waals surface area (Å²) in [6.07, 6.45) is 0. The molecule has 26 heavy (non-hydrogen) atoms. The van der Waals surface area contributed by atoms with Crippen LogP contribution in [0.25, 0.3) is 0 Å². The van der Waals surface area contributed by atoms with E-state index in [1.807, 2.05) is 6.07 Å². The normalized spacial score (nSPS) is 11.0. The fraction of sp³-hybridized carbons (Fsp3) is 0.222. The van der Waals surface area contributed by atoms with Crippen LogP contribution in [0.1, 0.15) is 22.8 Å². The second kappa shape index (κ2) is 9.12. The monoisotopic (exact) mass is 375 g/mol. The second-order valence-corrected chi connectivity index (χ2v) is 7.46. The Hall–Kier alpha value is -2.71. The fourth-order valence-electron chi connectivity index (χ4n) is 2.24. The predicted molar refractivity (Wildman–Crippen MR) is 100 cm³/mol. The van der Waals surface area contributed by atoms with Gasteiger partial charge in [0.05, 0.1) is 5.75 Å². The van der Waals surface area contributed by atoms with E-state index in [0.717, 1.165) is 0 Å². The number of sulfonamides is 1. The molecule has 2 aromatic carbocycles. The molecule has 3 N–H and O–H groups in total. The number of carbonyl (C=O) groups excluding carboxylic acids is 2. The summed E-state index contributed by atoms with van der Waals surface area (Å²) in [4.78, 5) is 23.0. The summed E-state index contributed by atoms with van der Waals surface area (Å²) in [6.45, 7) is 1.67. The van der Waals surface area contributed by atoms with Crippen molar-refractivity contribution in [3.63, 3.8) is 0 Å². The first-order valence-electron chi connectivity index (χ1n) is 8.03. The van der Waals surface area contributed by atoms with Gasteiger partial charge in [-0.2, -0.15) is 0 Å². The van der Waals surface area contributed by atoms with Crippen LogP contribution in [0.5, 0.6) is 0 Å². The lowest BCUT2D eigenvalue weighted by molar-refractivity contribution is -0.114. The van der Waals surface area contributed by atoms with Gasteiger partial charge in [-0.15, -0.1) is 0 Å². The minimum absolute atomic E-state index is 0.102. The number of anilines is 1. The largest absolute Gasteiger partial charge is 0.351 e. The third-order valence-corrected chi connectivity index (χ3v) is 4.76. The Morgan fingerprint density at radius 2 is 1.58 bits per heavy atom. The van der Waals surface area contributed by atoms with E-state index in [1.54, 1.807) is 48.5 Å². The molecule has 0 spiro atoms. The maximum absolute atomic E-state index is 12.0. The van der Waals surface area contributed by atoms with Gasteiger partial charge in [0.2, 0.25) is 15.9 Å². The van der Waals surface area contributed by atoms with Crippen LogP contribution in [-0.2, 0) is 20.6 Å². The smallest absolute Gasteiger partial charge is 0.251 e. The summed E-state index contributed by atoms with van der Waals surface area (Å²) in [5, 5.41) is 5.25. The minimum Gasteiger partial charge on any atom is -0.351 e. The first-order valence-corrected chi connectivity index (χ1v) is 9.68. The van der Waals surface area contributed by atoms with Gasteiger partial charge in [0.25, 0.3) is 5.91 Å². The molecule has 0 saturated carbocycles. The van der Waals surface area contributed by atoms with Crippen molar-refractivity contribution >= 4 is 27.5 Å². The van der Waals surface area contributed by atoms with E-state index in [2.05, 4.69) is 15.4 Å². The molecular formula is C18H21N3O4S. The molecule has 8 heteroatoms. The first-order chi connectivity index (χ1) is 12.4. The summed E-state index contributed by atoms with van der Waals surface area (Å²) in [7, 11) is -3.46. The average molecular weight is 375 g/mol. The van der Waals surface area contributed by atoms with Crippen molar-refractivity contribution in [2.45, 2.75) is 12.7 Å². The van der Waals surface area contributed by atoms with Gasteiger partial charge in [0, 0.05) is 31.3 Å². The quantitative estimate of drug-likeness (QED) is 0.608. The molecule has 0 heterocycles. The van der Waals surface area contributed by atoms with Crippen LogP contribution < -0.4 is 15.4 Å². The number of amides is 2. The Morgan fingerprint density at radius 1 is 0.923 bits per heavy atom. The second-order valence-electron chi connectivity index (χ2n) is 5.65. The van der Waals surface area contributed by atoms with Crippen molar-refractivity contribution in [3.05, 3.63) is 65.7 Å². The van der Waals surface area contributed by atoms with Gasteiger partial charge >= 0.3 is 0 Å². The lowest BCUT2D eigenvalue weighted by Crippen LogP contribution is -2.35. The van der Waals surface area contributed by atoms with Crippen molar-refractivity contribution in [1.29, 1.82) is 0 Å². The molecule has 0 fully saturated rings. The Labute approximate surface area is 152 Å². The summed E-state index contributed by atoms with van der Waals surface area (Å²) in [5.41, 5.74) is 1.72. The van der Waals surface area contributed by atoms with Gasteiger partial charge in [-0.3, -0.25) is 9.59 Å². The third-order valence-electron chi connectivity index (χ3n) is 3.40. The molecule has 2 rings (SSSR count). The van der Waals surface area contributed by atoms with Crippen LogP contribution in [0.15, 0.2) is 54.6 Å². The van der Waals surface area contributed by atoms with Crippen LogP contribution >= 0.6 is 0 Å². The molecule has 0 saturated heterocycles. The molecule has 138 valence electrons. The molecule has 2 amide bonds. The van der Waals surface area contributed by atoms with Crippen molar-refractivity contribution in [2.75, 3.05) is 18.4 Å². The molecule has 7 nitrogen and oxygen atoms in total. The summed E-state index contributed by atoms with van der Waals surface area (Å²) in [5.74, 6) is -0.613. The highest BCUT2D eigenvalue weighted by molar-refractivity contribution is 7.88. The molecule has 0 aromatic heterocycles. The highest BCUT2D eigenvalue weighted by atomic mass is 32.2. The number of benzene rings is 2. The number of carbonyl (C=O) groups is 2. The number of nitrogens with one attached hydrogen (secondary N) is 3. The number of hydrogen-bond acceptors (Lipinski definition) is 4. The molecule has 2 aromatic rings. The Bertz CT molecular complexity index is 850. The third kappa shape index (κ3) is 6.66. The SMILES string of the molecule is CC(=O)Nc1ccc(C(=O)NCCNS(=O)(=O)Cc2ccccc2)cc1. The average Bonchev–Trinajstić information content (AvgIpc) is 2.59. The lowest BCUT2D eigenvalue weighted by atomic mass is 10.2. The van der Waals surface area contributed by atoms with Crippen LogP contribution in [0.2, 0.25) is 0 Å². The van der Waals surface area contributed by atoms with Gasteiger partial charge in [-0.1, -0.05) is 30.3 Å². The highest BCUT2D eigenvalue weighted by Crippen LogP contribution is 2.09.